The number of hydrogen-bond acceptors (Lipinski definition) is 8. The fourth-order valence-electron chi connectivity index (χ4n) is 5.75. The molecule has 1 aliphatic carbocycles. The summed E-state index contributed by atoms with van der Waals surface area (Å²) in [5, 5.41) is 14.9. The number of nitrogens with one attached hydrogen (secondary N) is 1. The minimum absolute atomic E-state index is 0.0382. The molecular weight excluding hydrogens is 662 g/mol. The van der Waals surface area contributed by atoms with Gasteiger partial charge in [0.15, 0.2) is 17.0 Å². The number of carbonyl (C=O) groups excluding carboxylic acids is 2. The van der Waals surface area contributed by atoms with E-state index in [4.69, 9.17) is 47.8 Å². The van der Waals surface area contributed by atoms with E-state index in [9.17, 15) is 19.1 Å². The number of aromatic nitrogens is 2. The molecule has 0 bridgehead atoms. The van der Waals surface area contributed by atoms with E-state index < -0.39 is 28.6 Å². The molecule has 1 fully saturated rings. The smallest absolute Gasteiger partial charge is 0.251 e. The van der Waals surface area contributed by atoms with Crippen LogP contribution in [0.3, 0.4) is 0 Å². The third-order valence-corrected chi connectivity index (χ3v) is 9.59. The minimum Gasteiger partial charge on any atom is -0.489 e. The van der Waals surface area contributed by atoms with Gasteiger partial charge in [0, 0.05) is 23.6 Å². The van der Waals surface area contributed by atoms with Crippen LogP contribution in [0.4, 0.5) is 4.39 Å². The van der Waals surface area contributed by atoms with Crippen LogP contribution in [0, 0.1) is 12.7 Å². The number of amides is 2. The number of aliphatic hydroxyl groups is 1. The van der Waals surface area contributed by atoms with Gasteiger partial charge in [-0.05, 0) is 55.7 Å². The summed E-state index contributed by atoms with van der Waals surface area (Å²) in [4.78, 5) is 35.7. The monoisotopic (exact) mass is 690 g/mol. The molecule has 48 heavy (non-hydrogen) atoms. The van der Waals surface area contributed by atoms with Crippen LogP contribution < -0.4 is 20.5 Å². The van der Waals surface area contributed by atoms with Crippen molar-refractivity contribution in [3.8, 4) is 22.8 Å². The largest absolute Gasteiger partial charge is 0.489 e. The lowest BCUT2D eigenvalue weighted by atomic mass is 9.80. The molecule has 3 aromatic carbocycles. The van der Waals surface area contributed by atoms with Crippen LogP contribution in [-0.2, 0) is 15.8 Å². The normalized spacial score (nSPS) is 18.2. The van der Waals surface area contributed by atoms with Gasteiger partial charge in [0.2, 0.25) is 5.91 Å². The van der Waals surface area contributed by atoms with Crippen molar-refractivity contribution in [2.75, 3.05) is 13.2 Å². The van der Waals surface area contributed by atoms with Crippen LogP contribution in [0.5, 0.6) is 11.5 Å². The molecule has 5 aromatic rings. The molecule has 4 N–H and O–H groups in total. The van der Waals surface area contributed by atoms with E-state index in [2.05, 4.69) is 10.3 Å². The number of benzene rings is 3. The Kier molecular flexibility index (Phi) is 7.81. The summed E-state index contributed by atoms with van der Waals surface area (Å²) in [6, 6.07) is 15.8. The van der Waals surface area contributed by atoms with Crippen molar-refractivity contribution in [2.24, 2.45) is 5.73 Å². The number of pyridine rings is 1. The number of nitrogens with two attached hydrogens (primary N) is 1. The number of ether oxygens (including phenoxy) is 2. The SMILES string of the molecule is Cc1nc2c(OC3CC3)cc(C(=O)NC[C@@](O)(c3ccccc3)c3cc4c(c(-c5ccc(F)c(Cl)c5Cl)n3)OC[C@]4(C)C(N)=O)cc2o1. The third-order valence-electron chi connectivity index (χ3n) is 8.73. The summed E-state index contributed by atoms with van der Waals surface area (Å²) in [5.41, 5.74) is 4.76. The minimum atomic E-state index is -1.97. The Morgan fingerprint density at radius 1 is 1.12 bits per heavy atom. The van der Waals surface area contributed by atoms with Crippen molar-refractivity contribution in [1.82, 2.24) is 15.3 Å². The summed E-state index contributed by atoms with van der Waals surface area (Å²) < 4.78 is 32.1. The summed E-state index contributed by atoms with van der Waals surface area (Å²) >= 11 is 12.7. The molecule has 2 aromatic heterocycles. The Morgan fingerprint density at radius 3 is 2.58 bits per heavy atom. The molecule has 0 saturated heterocycles. The molecule has 246 valence electrons. The quantitative estimate of drug-likeness (QED) is 0.160. The Morgan fingerprint density at radius 2 is 1.88 bits per heavy atom. The van der Waals surface area contributed by atoms with Crippen molar-refractivity contribution < 1.29 is 33.0 Å². The fraction of sp³-hybridized carbons (Fsp3) is 0.257. The number of halogens is 3. The number of hydrogen-bond donors (Lipinski definition) is 3. The van der Waals surface area contributed by atoms with E-state index in [0.29, 0.717) is 33.9 Å². The average molecular weight is 692 g/mol. The fourth-order valence-corrected chi connectivity index (χ4v) is 6.16. The van der Waals surface area contributed by atoms with E-state index in [1.807, 2.05) is 0 Å². The second-order valence-electron chi connectivity index (χ2n) is 12.2. The van der Waals surface area contributed by atoms with Gasteiger partial charge in [0.1, 0.15) is 40.6 Å². The van der Waals surface area contributed by atoms with E-state index in [1.165, 1.54) is 12.1 Å². The Bertz CT molecular complexity index is 2120. The zero-order valence-corrected chi connectivity index (χ0v) is 27.3. The molecule has 0 radical (unpaired) electrons. The first-order chi connectivity index (χ1) is 22.9. The lowest BCUT2D eigenvalue weighted by Gasteiger charge is -2.30. The van der Waals surface area contributed by atoms with Gasteiger partial charge in [-0.15, -0.1) is 0 Å². The van der Waals surface area contributed by atoms with Crippen LogP contribution in [0.15, 0.2) is 65.1 Å². The van der Waals surface area contributed by atoms with Crippen molar-refractivity contribution in [1.29, 1.82) is 0 Å². The van der Waals surface area contributed by atoms with Gasteiger partial charge in [-0.2, -0.15) is 0 Å². The number of oxazole rings is 1. The lowest BCUT2D eigenvalue weighted by Crippen LogP contribution is -2.43. The Labute approximate surface area is 284 Å². The highest BCUT2D eigenvalue weighted by atomic mass is 35.5. The molecule has 13 heteroatoms. The summed E-state index contributed by atoms with van der Waals surface area (Å²) in [6.45, 7) is 2.84. The lowest BCUT2D eigenvalue weighted by molar-refractivity contribution is -0.123. The molecule has 10 nitrogen and oxygen atoms in total. The van der Waals surface area contributed by atoms with Gasteiger partial charge in [0.05, 0.1) is 28.4 Å². The molecule has 1 saturated carbocycles. The predicted molar refractivity (Wildman–Crippen MR) is 176 cm³/mol. The average Bonchev–Trinajstić information content (AvgIpc) is 3.71. The van der Waals surface area contributed by atoms with Crippen LogP contribution in [-0.4, -0.2) is 46.1 Å². The van der Waals surface area contributed by atoms with Crippen LogP contribution in [0.25, 0.3) is 22.4 Å². The van der Waals surface area contributed by atoms with Crippen molar-refractivity contribution in [3.63, 3.8) is 0 Å². The second kappa shape index (κ2) is 11.8. The Balaban J connectivity index is 1.34. The highest BCUT2D eigenvalue weighted by Gasteiger charge is 2.46. The zero-order valence-electron chi connectivity index (χ0n) is 25.8. The first-order valence-electron chi connectivity index (χ1n) is 15.2. The maximum atomic E-state index is 14.3. The number of fused-ring (bicyclic) bond motifs is 2. The van der Waals surface area contributed by atoms with Crippen LogP contribution in [0.1, 0.15) is 52.8 Å². The topological polar surface area (TPSA) is 150 Å². The van der Waals surface area contributed by atoms with E-state index >= 15 is 0 Å². The predicted octanol–water partition coefficient (Wildman–Crippen LogP) is 5.99. The maximum absolute atomic E-state index is 14.3. The molecule has 2 amide bonds. The van der Waals surface area contributed by atoms with E-state index in [-0.39, 0.29) is 57.6 Å². The molecule has 3 heterocycles. The number of aryl methyl sites for hydroxylation is 1. The molecule has 7 rings (SSSR count). The Hall–Kier alpha value is -4.71. The number of rotatable bonds is 9. The molecule has 0 unspecified atom stereocenters. The van der Waals surface area contributed by atoms with E-state index in [0.717, 1.165) is 18.9 Å². The van der Waals surface area contributed by atoms with E-state index in [1.54, 1.807) is 56.3 Å². The first kappa shape index (κ1) is 31.9. The number of primary amides is 1. The standard InChI is InChI=1S/C35H29Cl2FN4O6/c1-17-41-30-24(47-17)12-18(13-25(30)48-20-8-9-20)32(43)40-15-35(45,19-6-4-3-5-7-19)26-14-22-31(46-16-34(22,2)33(39)44)29(42-26)21-10-11-23(38)28(37)27(21)36/h3-7,10-14,20,45H,8-9,15-16H2,1-2H3,(H2,39,44)(H,40,43)/t34-,35+/m0/s1. The van der Waals surface area contributed by atoms with Gasteiger partial charge in [-0.3, -0.25) is 9.59 Å². The van der Waals surface area contributed by atoms with Gasteiger partial charge >= 0.3 is 0 Å². The number of nitrogens with zero attached hydrogens (tertiary/aromatic N) is 2. The molecule has 0 spiro atoms. The molecular formula is C35H29Cl2FN4O6. The van der Waals surface area contributed by atoms with Crippen LogP contribution >= 0.6 is 23.2 Å². The first-order valence-corrected chi connectivity index (χ1v) is 15.9. The summed E-state index contributed by atoms with van der Waals surface area (Å²) in [5.74, 6) is -0.903. The molecule has 1 aliphatic heterocycles. The third kappa shape index (κ3) is 5.41. The molecule has 2 atom stereocenters. The highest BCUT2D eigenvalue weighted by molar-refractivity contribution is 6.43. The highest BCUT2D eigenvalue weighted by Crippen LogP contribution is 2.48. The summed E-state index contributed by atoms with van der Waals surface area (Å²) in [7, 11) is 0. The van der Waals surface area contributed by atoms with Crippen molar-refractivity contribution >= 4 is 46.1 Å². The van der Waals surface area contributed by atoms with Gasteiger partial charge in [-0.1, -0.05) is 53.5 Å². The second-order valence-corrected chi connectivity index (χ2v) is 13.0. The summed E-state index contributed by atoms with van der Waals surface area (Å²) in [6.07, 6.45) is 1.86. The molecule has 2 aliphatic rings. The van der Waals surface area contributed by atoms with Gasteiger partial charge < -0.3 is 30.0 Å². The van der Waals surface area contributed by atoms with Crippen molar-refractivity contribution in [2.45, 2.75) is 43.8 Å². The van der Waals surface area contributed by atoms with Crippen molar-refractivity contribution in [3.05, 3.63) is 105 Å². The van der Waals surface area contributed by atoms with Crippen LogP contribution in [0.2, 0.25) is 10.0 Å². The van der Waals surface area contributed by atoms with Gasteiger partial charge in [0.25, 0.3) is 5.91 Å². The number of carbonyl (C=O) groups is 2. The zero-order chi connectivity index (χ0) is 34.0. The van der Waals surface area contributed by atoms with Gasteiger partial charge in [-0.25, -0.2) is 14.4 Å². The maximum Gasteiger partial charge on any atom is 0.251 e.